The maximum atomic E-state index is 12.1. The van der Waals surface area contributed by atoms with Crippen LogP contribution in [0, 0.1) is 19.3 Å². The Morgan fingerprint density at radius 3 is 2.63 bits per heavy atom. The molecule has 1 fully saturated rings. The first-order valence-electron chi connectivity index (χ1n) is 7.06. The van der Waals surface area contributed by atoms with E-state index in [1.807, 2.05) is 7.05 Å². The van der Waals surface area contributed by atoms with E-state index in [2.05, 4.69) is 42.7 Å². The fourth-order valence-electron chi connectivity index (χ4n) is 2.60. The smallest absolute Gasteiger partial charge is 0.227 e. The van der Waals surface area contributed by atoms with Crippen LogP contribution in [0.25, 0.3) is 0 Å². The number of carbonyl (C=O) groups is 1. The highest BCUT2D eigenvalue weighted by Gasteiger charge is 2.48. The molecule has 1 aliphatic rings. The molecule has 2 N–H and O–H groups in total. The highest BCUT2D eigenvalue weighted by Crippen LogP contribution is 2.45. The number of hydrogen-bond acceptors (Lipinski definition) is 2. The van der Waals surface area contributed by atoms with Crippen LogP contribution in [-0.2, 0) is 11.2 Å². The van der Waals surface area contributed by atoms with Crippen molar-refractivity contribution in [1.82, 2.24) is 10.6 Å². The fraction of sp³-hybridized carbons (Fsp3) is 0.562. The van der Waals surface area contributed by atoms with Crippen molar-refractivity contribution in [1.29, 1.82) is 0 Å². The van der Waals surface area contributed by atoms with Gasteiger partial charge in [0, 0.05) is 13.1 Å². The van der Waals surface area contributed by atoms with E-state index in [0.717, 1.165) is 32.4 Å². The van der Waals surface area contributed by atoms with E-state index < -0.39 is 0 Å². The molecule has 0 atom stereocenters. The normalized spacial score (nSPS) is 16.2. The van der Waals surface area contributed by atoms with Crippen molar-refractivity contribution in [3.05, 3.63) is 34.9 Å². The molecule has 0 radical (unpaired) electrons. The summed E-state index contributed by atoms with van der Waals surface area (Å²) in [5.41, 5.74) is 3.81. The van der Waals surface area contributed by atoms with Crippen molar-refractivity contribution in [2.75, 3.05) is 20.1 Å². The first kappa shape index (κ1) is 14.1. The first-order chi connectivity index (χ1) is 9.07. The second-order valence-electron chi connectivity index (χ2n) is 5.75. The Morgan fingerprint density at radius 1 is 1.32 bits per heavy atom. The third-order valence-electron chi connectivity index (χ3n) is 4.03. The molecule has 104 valence electrons. The van der Waals surface area contributed by atoms with Gasteiger partial charge in [0.2, 0.25) is 5.91 Å². The van der Waals surface area contributed by atoms with Gasteiger partial charge in [-0.2, -0.15) is 0 Å². The van der Waals surface area contributed by atoms with Crippen LogP contribution in [0.5, 0.6) is 0 Å². The molecule has 1 aliphatic carbocycles. The third-order valence-corrected chi connectivity index (χ3v) is 4.03. The summed E-state index contributed by atoms with van der Waals surface area (Å²) >= 11 is 0. The van der Waals surface area contributed by atoms with Gasteiger partial charge in [-0.25, -0.2) is 0 Å². The van der Waals surface area contributed by atoms with E-state index in [9.17, 15) is 4.79 Å². The summed E-state index contributed by atoms with van der Waals surface area (Å²) < 4.78 is 0. The van der Waals surface area contributed by atoms with Gasteiger partial charge in [-0.05, 0) is 51.3 Å². The molecule has 0 heterocycles. The highest BCUT2D eigenvalue weighted by molar-refractivity contribution is 5.85. The SMILES string of the molecule is CNCC1(C(=O)NCCc2ccc(C)cc2C)CC1. The summed E-state index contributed by atoms with van der Waals surface area (Å²) in [7, 11) is 1.91. The Kier molecular flexibility index (Phi) is 4.25. The summed E-state index contributed by atoms with van der Waals surface area (Å²) in [4.78, 5) is 12.1. The average molecular weight is 260 g/mol. The molecule has 1 aromatic rings. The molecule has 1 saturated carbocycles. The Morgan fingerprint density at radius 2 is 2.05 bits per heavy atom. The van der Waals surface area contributed by atoms with Crippen LogP contribution in [0.3, 0.4) is 0 Å². The van der Waals surface area contributed by atoms with E-state index in [4.69, 9.17) is 0 Å². The molecule has 19 heavy (non-hydrogen) atoms. The van der Waals surface area contributed by atoms with Crippen LogP contribution in [0.1, 0.15) is 29.5 Å². The Bertz CT molecular complexity index is 464. The zero-order valence-corrected chi connectivity index (χ0v) is 12.2. The lowest BCUT2D eigenvalue weighted by atomic mass is 10.0. The Labute approximate surface area is 115 Å². The fourth-order valence-corrected chi connectivity index (χ4v) is 2.60. The maximum absolute atomic E-state index is 12.1. The Balaban J connectivity index is 1.82. The molecule has 0 unspecified atom stereocenters. The van der Waals surface area contributed by atoms with E-state index >= 15 is 0 Å². The molecule has 2 rings (SSSR count). The number of rotatable bonds is 6. The zero-order valence-electron chi connectivity index (χ0n) is 12.2. The number of aryl methyl sites for hydroxylation is 2. The first-order valence-corrected chi connectivity index (χ1v) is 7.06. The number of benzene rings is 1. The predicted molar refractivity (Wildman–Crippen MR) is 78.2 cm³/mol. The van der Waals surface area contributed by atoms with Crippen LogP contribution < -0.4 is 10.6 Å². The minimum atomic E-state index is -0.114. The summed E-state index contributed by atoms with van der Waals surface area (Å²) in [6, 6.07) is 6.49. The standard InChI is InChI=1S/C16H24N2O/c1-12-4-5-14(13(2)10-12)6-9-18-15(19)16(7-8-16)11-17-3/h4-5,10,17H,6-9,11H2,1-3H3,(H,18,19). The van der Waals surface area contributed by atoms with Crippen molar-refractivity contribution in [3.8, 4) is 0 Å². The van der Waals surface area contributed by atoms with Gasteiger partial charge in [0.1, 0.15) is 0 Å². The second kappa shape index (κ2) is 5.74. The van der Waals surface area contributed by atoms with Crippen LogP contribution >= 0.6 is 0 Å². The third kappa shape index (κ3) is 3.35. The lowest BCUT2D eigenvalue weighted by molar-refractivity contribution is -0.126. The predicted octanol–water partition coefficient (Wildman–Crippen LogP) is 1.96. The molecule has 3 nitrogen and oxygen atoms in total. The summed E-state index contributed by atoms with van der Waals surface area (Å²) in [5.74, 6) is 0.214. The quantitative estimate of drug-likeness (QED) is 0.821. The molecule has 1 amide bonds. The summed E-state index contributed by atoms with van der Waals surface area (Å²) in [6.07, 6.45) is 2.94. The van der Waals surface area contributed by atoms with Gasteiger partial charge in [0.25, 0.3) is 0 Å². The van der Waals surface area contributed by atoms with Crippen molar-refractivity contribution < 1.29 is 4.79 Å². The van der Waals surface area contributed by atoms with Gasteiger partial charge in [0.15, 0.2) is 0 Å². The van der Waals surface area contributed by atoms with Gasteiger partial charge in [-0.3, -0.25) is 4.79 Å². The lowest BCUT2D eigenvalue weighted by Crippen LogP contribution is -2.38. The molecule has 0 spiro atoms. The second-order valence-corrected chi connectivity index (χ2v) is 5.75. The number of hydrogen-bond donors (Lipinski definition) is 2. The maximum Gasteiger partial charge on any atom is 0.227 e. The van der Waals surface area contributed by atoms with Gasteiger partial charge < -0.3 is 10.6 Å². The molecule has 3 heteroatoms. The monoisotopic (exact) mass is 260 g/mol. The molecule has 1 aromatic carbocycles. The molecular formula is C16H24N2O. The minimum absolute atomic E-state index is 0.114. The van der Waals surface area contributed by atoms with Gasteiger partial charge in [-0.1, -0.05) is 23.8 Å². The van der Waals surface area contributed by atoms with Gasteiger partial charge in [-0.15, -0.1) is 0 Å². The van der Waals surface area contributed by atoms with E-state index in [1.54, 1.807) is 0 Å². The zero-order chi connectivity index (χ0) is 13.9. The molecule has 0 aliphatic heterocycles. The molecule has 0 saturated heterocycles. The Hall–Kier alpha value is -1.35. The highest BCUT2D eigenvalue weighted by atomic mass is 16.2. The largest absolute Gasteiger partial charge is 0.355 e. The van der Waals surface area contributed by atoms with Crippen LogP contribution in [0.2, 0.25) is 0 Å². The summed E-state index contributed by atoms with van der Waals surface area (Å²) in [5, 5.41) is 6.20. The van der Waals surface area contributed by atoms with Gasteiger partial charge >= 0.3 is 0 Å². The number of carbonyl (C=O) groups excluding carboxylic acids is 1. The molecule has 0 aromatic heterocycles. The average Bonchev–Trinajstić information content (AvgIpc) is 3.13. The number of amides is 1. The topological polar surface area (TPSA) is 41.1 Å². The number of nitrogens with one attached hydrogen (secondary N) is 2. The van der Waals surface area contributed by atoms with E-state index in [-0.39, 0.29) is 11.3 Å². The van der Waals surface area contributed by atoms with Crippen LogP contribution in [0.4, 0.5) is 0 Å². The molecule has 0 bridgehead atoms. The molecular weight excluding hydrogens is 236 g/mol. The van der Waals surface area contributed by atoms with Crippen molar-refractivity contribution >= 4 is 5.91 Å². The summed E-state index contributed by atoms with van der Waals surface area (Å²) in [6.45, 7) is 5.76. The van der Waals surface area contributed by atoms with Gasteiger partial charge in [0.05, 0.1) is 5.41 Å². The van der Waals surface area contributed by atoms with Crippen LogP contribution in [-0.4, -0.2) is 26.0 Å². The minimum Gasteiger partial charge on any atom is -0.355 e. The van der Waals surface area contributed by atoms with Crippen molar-refractivity contribution in [3.63, 3.8) is 0 Å². The lowest BCUT2D eigenvalue weighted by Gasteiger charge is -2.15. The van der Waals surface area contributed by atoms with Crippen molar-refractivity contribution in [2.45, 2.75) is 33.1 Å². The van der Waals surface area contributed by atoms with E-state index in [0.29, 0.717) is 0 Å². The van der Waals surface area contributed by atoms with E-state index in [1.165, 1.54) is 16.7 Å². The van der Waals surface area contributed by atoms with Crippen molar-refractivity contribution in [2.24, 2.45) is 5.41 Å². The van der Waals surface area contributed by atoms with Crippen LogP contribution in [0.15, 0.2) is 18.2 Å².